The molecule has 2 amide bonds. The van der Waals surface area contributed by atoms with E-state index in [-0.39, 0.29) is 58.8 Å². The first kappa shape index (κ1) is 20.5. The molecule has 1 aromatic carbocycles. The molecule has 5 rings (SSSR count). The van der Waals surface area contributed by atoms with Crippen molar-refractivity contribution in [2.75, 3.05) is 0 Å². The Balaban J connectivity index is 1.18. The maximum atomic E-state index is 13.0. The lowest BCUT2D eigenvalue weighted by Gasteiger charge is -2.33. The van der Waals surface area contributed by atoms with Gasteiger partial charge in [-0.2, -0.15) is 0 Å². The average molecular weight is 422 g/mol. The van der Waals surface area contributed by atoms with Gasteiger partial charge < -0.3 is 4.74 Å². The van der Waals surface area contributed by atoms with Crippen molar-refractivity contribution in [2.45, 2.75) is 64.3 Å². The highest BCUT2D eigenvalue weighted by atomic mass is 16.5. The van der Waals surface area contributed by atoms with Gasteiger partial charge in [0.05, 0.1) is 17.8 Å². The molecule has 1 saturated heterocycles. The molecule has 0 aromatic heterocycles. The Labute approximate surface area is 183 Å². The van der Waals surface area contributed by atoms with Crippen LogP contribution < -0.4 is 4.74 Å². The summed E-state index contributed by atoms with van der Waals surface area (Å²) in [5.74, 6) is 0.445. The van der Waals surface area contributed by atoms with Gasteiger partial charge in [0, 0.05) is 6.04 Å². The van der Waals surface area contributed by atoms with E-state index in [0.29, 0.717) is 31.4 Å². The van der Waals surface area contributed by atoms with E-state index in [1.54, 1.807) is 4.90 Å². The third kappa shape index (κ3) is 3.42. The summed E-state index contributed by atoms with van der Waals surface area (Å²) in [5, 5.41) is 0. The number of rotatable bonds is 3. The molecule has 0 radical (unpaired) electrons. The largest absolute Gasteiger partial charge is 0.426 e. The first-order valence-corrected chi connectivity index (χ1v) is 11.6. The van der Waals surface area contributed by atoms with Crippen LogP contribution in [-0.2, 0) is 19.8 Å². The molecule has 2 saturated carbocycles. The molecule has 31 heavy (non-hydrogen) atoms. The molecular formula is C26H31NO4. The number of nitrogens with zero attached hydrogens (tertiary/aromatic N) is 1. The number of hydrogen-bond donors (Lipinski definition) is 0. The van der Waals surface area contributed by atoms with Gasteiger partial charge in [0.2, 0.25) is 11.8 Å². The SMILES string of the molecule is CC(C)(C)c1ccc(OC(=O)C2CCC(N3C(=O)[C@@H]4[C@@H](C3=O)[C@@H]3C=C[C@@H]4C3)CC2)cc1. The van der Waals surface area contributed by atoms with Crippen molar-refractivity contribution in [3.63, 3.8) is 0 Å². The molecule has 0 N–H and O–H groups in total. The van der Waals surface area contributed by atoms with Gasteiger partial charge in [-0.1, -0.05) is 45.1 Å². The molecule has 5 nitrogen and oxygen atoms in total. The molecule has 1 heterocycles. The van der Waals surface area contributed by atoms with Crippen molar-refractivity contribution in [2.24, 2.45) is 29.6 Å². The van der Waals surface area contributed by atoms with Gasteiger partial charge in [-0.25, -0.2) is 0 Å². The number of ether oxygens (including phenoxy) is 1. The summed E-state index contributed by atoms with van der Waals surface area (Å²) in [7, 11) is 0. The van der Waals surface area contributed by atoms with Crippen LogP contribution >= 0.6 is 0 Å². The number of carbonyl (C=O) groups excluding carboxylic acids is 3. The molecule has 164 valence electrons. The van der Waals surface area contributed by atoms with Crippen LogP contribution in [0.3, 0.4) is 0 Å². The lowest BCUT2D eigenvalue weighted by molar-refractivity contribution is -0.145. The lowest BCUT2D eigenvalue weighted by atomic mass is 9.85. The monoisotopic (exact) mass is 421 g/mol. The van der Waals surface area contributed by atoms with Gasteiger partial charge in [-0.05, 0) is 67.1 Å². The minimum Gasteiger partial charge on any atom is -0.426 e. The first-order chi connectivity index (χ1) is 14.7. The quantitative estimate of drug-likeness (QED) is 0.317. The minimum atomic E-state index is -0.208. The Morgan fingerprint density at radius 2 is 1.45 bits per heavy atom. The van der Waals surface area contributed by atoms with Crippen LogP contribution in [0.1, 0.15) is 58.4 Å². The van der Waals surface area contributed by atoms with Crippen molar-refractivity contribution in [1.82, 2.24) is 4.90 Å². The average Bonchev–Trinajstić information content (AvgIpc) is 3.42. The zero-order valence-electron chi connectivity index (χ0n) is 18.5. The molecule has 3 fully saturated rings. The van der Waals surface area contributed by atoms with Gasteiger partial charge in [-0.15, -0.1) is 0 Å². The number of imide groups is 1. The molecule has 2 bridgehead atoms. The fraction of sp³-hybridized carbons (Fsp3) is 0.577. The van der Waals surface area contributed by atoms with Gasteiger partial charge >= 0.3 is 5.97 Å². The zero-order chi connectivity index (χ0) is 21.9. The van der Waals surface area contributed by atoms with E-state index in [0.717, 1.165) is 6.42 Å². The summed E-state index contributed by atoms with van der Waals surface area (Å²) < 4.78 is 5.63. The molecule has 4 aliphatic rings. The number of hydrogen-bond acceptors (Lipinski definition) is 4. The summed E-state index contributed by atoms with van der Waals surface area (Å²) in [6.07, 6.45) is 7.88. The number of benzene rings is 1. The predicted molar refractivity (Wildman–Crippen MR) is 116 cm³/mol. The number of amides is 2. The van der Waals surface area contributed by atoms with Crippen LogP contribution in [0.25, 0.3) is 0 Å². The summed E-state index contributed by atoms with van der Waals surface area (Å²) in [4.78, 5) is 40.3. The third-order valence-electron chi connectivity index (χ3n) is 7.84. The molecule has 1 aliphatic heterocycles. The van der Waals surface area contributed by atoms with Gasteiger partial charge in [-0.3, -0.25) is 19.3 Å². The van der Waals surface area contributed by atoms with E-state index in [1.807, 2.05) is 24.3 Å². The Morgan fingerprint density at radius 3 is 1.97 bits per heavy atom. The van der Waals surface area contributed by atoms with Crippen LogP contribution in [-0.4, -0.2) is 28.7 Å². The molecule has 1 aromatic rings. The van der Waals surface area contributed by atoms with Gasteiger partial charge in [0.25, 0.3) is 0 Å². The van der Waals surface area contributed by atoms with E-state index in [4.69, 9.17) is 4.74 Å². The summed E-state index contributed by atoms with van der Waals surface area (Å²) in [6, 6.07) is 7.64. The maximum absolute atomic E-state index is 13.0. The molecule has 0 unspecified atom stereocenters. The Bertz CT molecular complexity index is 903. The van der Waals surface area contributed by atoms with Crippen molar-refractivity contribution in [3.05, 3.63) is 42.0 Å². The summed E-state index contributed by atoms with van der Waals surface area (Å²) in [5.41, 5.74) is 1.25. The highest BCUT2D eigenvalue weighted by Crippen LogP contribution is 2.53. The number of likely N-dealkylation sites (tertiary alicyclic amines) is 1. The van der Waals surface area contributed by atoms with Gasteiger partial charge in [0.1, 0.15) is 5.75 Å². The molecule has 3 aliphatic carbocycles. The van der Waals surface area contributed by atoms with Crippen LogP contribution in [0, 0.1) is 29.6 Å². The van der Waals surface area contributed by atoms with E-state index < -0.39 is 0 Å². The standard InChI is InChI=1S/C26H31NO4/c1-26(2,3)18-8-12-20(13-9-18)31-25(30)15-6-10-19(11-7-15)27-23(28)21-16-4-5-17(14-16)22(21)24(27)29/h4-5,8-9,12-13,15-17,19,21-22H,6-7,10-11,14H2,1-3H3/t15?,16-,17-,19?,21+,22+/m1/s1. The second-order valence-corrected chi connectivity index (χ2v) is 10.7. The summed E-state index contributed by atoms with van der Waals surface area (Å²) in [6.45, 7) is 6.45. The van der Waals surface area contributed by atoms with E-state index >= 15 is 0 Å². The fourth-order valence-corrected chi connectivity index (χ4v) is 6.08. The Hall–Kier alpha value is -2.43. The third-order valence-corrected chi connectivity index (χ3v) is 7.84. The lowest BCUT2D eigenvalue weighted by Crippen LogP contribution is -2.44. The number of allylic oxidation sites excluding steroid dienone is 2. The molecule has 4 atom stereocenters. The van der Waals surface area contributed by atoms with E-state index in [1.165, 1.54) is 5.56 Å². The highest BCUT2D eigenvalue weighted by Gasteiger charge is 2.60. The number of carbonyl (C=O) groups is 3. The summed E-state index contributed by atoms with van der Waals surface area (Å²) >= 11 is 0. The molecule has 5 heteroatoms. The Morgan fingerprint density at radius 1 is 0.903 bits per heavy atom. The predicted octanol–water partition coefficient (Wildman–Crippen LogP) is 4.26. The van der Waals surface area contributed by atoms with Crippen molar-refractivity contribution < 1.29 is 19.1 Å². The molecular weight excluding hydrogens is 390 g/mol. The van der Waals surface area contributed by atoms with Crippen molar-refractivity contribution in [1.29, 1.82) is 0 Å². The van der Waals surface area contributed by atoms with Crippen LogP contribution in [0.4, 0.5) is 0 Å². The maximum Gasteiger partial charge on any atom is 0.314 e. The topological polar surface area (TPSA) is 63.7 Å². The molecule has 0 spiro atoms. The van der Waals surface area contributed by atoms with Crippen LogP contribution in [0.5, 0.6) is 5.75 Å². The van der Waals surface area contributed by atoms with Crippen molar-refractivity contribution >= 4 is 17.8 Å². The fourth-order valence-electron chi connectivity index (χ4n) is 6.08. The van der Waals surface area contributed by atoms with Crippen molar-refractivity contribution in [3.8, 4) is 5.75 Å². The number of esters is 1. The number of fused-ring (bicyclic) bond motifs is 5. The first-order valence-electron chi connectivity index (χ1n) is 11.6. The van der Waals surface area contributed by atoms with Crippen LogP contribution in [0.15, 0.2) is 36.4 Å². The highest BCUT2D eigenvalue weighted by molar-refractivity contribution is 6.06. The second kappa shape index (κ2) is 7.32. The van der Waals surface area contributed by atoms with Gasteiger partial charge in [0.15, 0.2) is 0 Å². The minimum absolute atomic E-state index is 0.0248. The van der Waals surface area contributed by atoms with Crippen LogP contribution in [0.2, 0.25) is 0 Å². The normalized spacial score (nSPS) is 34.4. The van der Waals surface area contributed by atoms with E-state index in [9.17, 15) is 14.4 Å². The smallest absolute Gasteiger partial charge is 0.314 e. The Kier molecular flexibility index (Phi) is 4.83. The zero-order valence-corrected chi connectivity index (χ0v) is 18.5. The van der Waals surface area contributed by atoms with E-state index in [2.05, 4.69) is 32.9 Å². The second-order valence-electron chi connectivity index (χ2n) is 10.7.